The van der Waals surface area contributed by atoms with E-state index in [0.29, 0.717) is 19.0 Å². The molecule has 0 aliphatic carbocycles. The zero-order valence-electron chi connectivity index (χ0n) is 10.6. The molecule has 0 fully saturated rings. The minimum atomic E-state index is -0.0652. The summed E-state index contributed by atoms with van der Waals surface area (Å²) in [7, 11) is 0. The SMILES string of the molecule is Oc1ccccc1OCC1OCCc2ccccc21. The van der Waals surface area contributed by atoms with Crippen LogP contribution in [-0.4, -0.2) is 18.3 Å². The molecule has 19 heavy (non-hydrogen) atoms. The third-order valence-electron chi connectivity index (χ3n) is 3.35. The highest BCUT2D eigenvalue weighted by atomic mass is 16.5. The van der Waals surface area contributed by atoms with Gasteiger partial charge in [0.05, 0.1) is 6.61 Å². The summed E-state index contributed by atoms with van der Waals surface area (Å²) in [6.07, 6.45) is 0.882. The Kier molecular flexibility index (Phi) is 3.38. The van der Waals surface area contributed by atoms with Gasteiger partial charge in [0.15, 0.2) is 11.5 Å². The van der Waals surface area contributed by atoms with Crippen LogP contribution in [0.3, 0.4) is 0 Å². The summed E-state index contributed by atoms with van der Waals surface area (Å²) in [5, 5.41) is 9.67. The second kappa shape index (κ2) is 5.33. The first-order valence-electron chi connectivity index (χ1n) is 6.45. The minimum absolute atomic E-state index is 0.0652. The van der Waals surface area contributed by atoms with E-state index in [1.165, 1.54) is 11.1 Å². The largest absolute Gasteiger partial charge is 0.504 e. The van der Waals surface area contributed by atoms with Crippen LogP contribution in [0, 0.1) is 0 Å². The van der Waals surface area contributed by atoms with Gasteiger partial charge in [0.25, 0.3) is 0 Å². The maximum atomic E-state index is 9.67. The molecule has 98 valence electrons. The Morgan fingerprint density at radius 1 is 1.11 bits per heavy atom. The summed E-state index contributed by atoms with van der Waals surface area (Å²) in [6.45, 7) is 1.13. The van der Waals surface area contributed by atoms with Crippen LogP contribution in [0.1, 0.15) is 17.2 Å². The van der Waals surface area contributed by atoms with Gasteiger partial charge in [-0.05, 0) is 29.7 Å². The van der Waals surface area contributed by atoms with Gasteiger partial charge in [0.1, 0.15) is 12.7 Å². The molecule has 1 heterocycles. The molecular weight excluding hydrogens is 240 g/mol. The second-order valence-corrected chi connectivity index (χ2v) is 4.59. The average Bonchev–Trinajstić information content (AvgIpc) is 2.46. The van der Waals surface area contributed by atoms with Gasteiger partial charge in [0.2, 0.25) is 0 Å². The molecule has 3 heteroatoms. The molecule has 1 aliphatic rings. The van der Waals surface area contributed by atoms with Gasteiger partial charge in [-0.15, -0.1) is 0 Å². The van der Waals surface area contributed by atoms with Crippen LogP contribution in [0.15, 0.2) is 48.5 Å². The fourth-order valence-electron chi connectivity index (χ4n) is 2.36. The number of para-hydroxylation sites is 2. The summed E-state index contributed by atoms with van der Waals surface area (Å²) >= 11 is 0. The number of aromatic hydroxyl groups is 1. The smallest absolute Gasteiger partial charge is 0.161 e. The topological polar surface area (TPSA) is 38.7 Å². The third kappa shape index (κ3) is 2.56. The molecule has 1 unspecified atom stereocenters. The van der Waals surface area contributed by atoms with E-state index in [4.69, 9.17) is 9.47 Å². The summed E-state index contributed by atoms with van der Waals surface area (Å²) in [5.41, 5.74) is 2.50. The van der Waals surface area contributed by atoms with Crippen molar-refractivity contribution in [1.82, 2.24) is 0 Å². The molecule has 2 aromatic rings. The fourth-order valence-corrected chi connectivity index (χ4v) is 2.36. The molecule has 0 amide bonds. The lowest BCUT2D eigenvalue weighted by molar-refractivity contribution is 0.00967. The number of benzene rings is 2. The quantitative estimate of drug-likeness (QED) is 0.917. The Balaban J connectivity index is 1.73. The lowest BCUT2D eigenvalue weighted by Gasteiger charge is -2.26. The number of fused-ring (bicyclic) bond motifs is 1. The highest BCUT2D eigenvalue weighted by Crippen LogP contribution is 2.30. The molecule has 1 aliphatic heterocycles. The van der Waals surface area contributed by atoms with Crippen molar-refractivity contribution < 1.29 is 14.6 Å². The molecule has 3 rings (SSSR count). The van der Waals surface area contributed by atoms with E-state index in [1.807, 2.05) is 18.2 Å². The van der Waals surface area contributed by atoms with Crippen LogP contribution in [0.5, 0.6) is 11.5 Å². The van der Waals surface area contributed by atoms with E-state index in [-0.39, 0.29) is 11.9 Å². The molecule has 0 bridgehead atoms. The van der Waals surface area contributed by atoms with Gasteiger partial charge >= 0.3 is 0 Å². The predicted molar refractivity (Wildman–Crippen MR) is 72.4 cm³/mol. The lowest BCUT2D eigenvalue weighted by Crippen LogP contribution is -2.21. The summed E-state index contributed by atoms with van der Waals surface area (Å²) in [5.74, 6) is 0.653. The Morgan fingerprint density at radius 2 is 1.89 bits per heavy atom. The van der Waals surface area contributed by atoms with Crippen LogP contribution >= 0.6 is 0 Å². The van der Waals surface area contributed by atoms with Crippen molar-refractivity contribution in [2.45, 2.75) is 12.5 Å². The van der Waals surface area contributed by atoms with Gasteiger partial charge in [0, 0.05) is 0 Å². The Hall–Kier alpha value is -2.00. The van der Waals surface area contributed by atoms with Crippen molar-refractivity contribution in [2.24, 2.45) is 0 Å². The Morgan fingerprint density at radius 3 is 2.79 bits per heavy atom. The molecule has 1 atom stereocenters. The van der Waals surface area contributed by atoms with Gasteiger partial charge in [-0.2, -0.15) is 0 Å². The molecule has 0 radical (unpaired) electrons. The molecule has 1 N–H and O–H groups in total. The molecule has 0 spiro atoms. The van der Waals surface area contributed by atoms with Gasteiger partial charge in [-0.1, -0.05) is 36.4 Å². The van der Waals surface area contributed by atoms with Crippen LogP contribution in [-0.2, 0) is 11.2 Å². The van der Waals surface area contributed by atoms with Crippen LogP contribution in [0.25, 0.3) is 0 Å². The van der Waals surface area contributed by atoms with Crippen molar-refractivity contribution in [3.63, 3.8) is 0 Å². The van der Waals surface area contributed by atoms with E-state index < -0.39 is 0 Å². The fraction of sp³-hybridized carbons (Fsp3) is 0.250. The monoisotopic (exact) mass is 256 g/mol. The van der Waals surface area contributed by atoms with Crippen molar-refractivity contribution in [2.75, 3.05) is 13.2 Å². The number of phenols is 1. The summed E-state index contributed by atoms with van der Waals surface area (Å²) < 4.78 is 11.4. The molecule has 3 nitrogen and oxygen atoms in total. The van der Waals surface area contributed by atoms with E-state index in [2.05, 4.69) is 12.1 Å². The van der Waals surface area contributed by atoms with E-state index in [0.717, 1.165) is 6.42 Å². The summed E-state index contributed by atoms with van der Waals surface area (Å²) in [4.78, 5) is 0. The highest BCUT2D eigenvalue weighted by Gasteiger charge is 2.21. The Bertz CT molecular complexity index is 565. The maximum Gasteiger partial charge on any atom is 0.161 e. The van der Waals surface area contributed by atoms with Crippen LogP contribution < -0.4 is 4.74 Å². The molecule has 0 aromatic heterocycles. The number of rotatable bonds is 3. The first-order chi connectivity index (χ1) is 9.34. The van der Waals surface area contributed by atoms with Crippen molar-refractivity contribution in [3.05, 3.63) is 59.7 Å². The summed E-state index contributed by atoms with van der Waals surface area (Å²) in [6, 6.07) is 15.2. The zero-order valence-corrected chi connectivity index (χ0v) is 10.6. The predicted octanol–water partition coefficient (Wildman–Crippen LogP) is 3.09. The Labute approximate surface area is 112 Å². The number of ether oxygens (including phenoxy) is 2. The first kappa shape index (κ1) is 12.1. The number of phenolic OH excluding ortho intramolecular Hbond substituents is 1. The van der Waals surface area contributed by atoms with E-state index >= 15 is 0 Å². The normalized spacial score (nSPS) is 17.8. The third-order valence-corrected chi connectivity index (χ3v) is 3.35. The van der Waals surface area contributed by atoms with E-state index in [9.17, 15) is 5.11 Å². The minimum Gasteiger partial charge on any atom is -0.504 e. The van der Waals surface area contributed by atoms with Crippen molar-refractivity contribution in [3.8, 4) is 11.5 Å². The number of hydrogen-bond acceptors (Lipinski definition) is 3. The van der Waals surface area contributed by atoms with Crippen molar-refractivity contribution in [1.29, 1.82) is 0 Å². The molecule has 2 aromatic carbocycles. The number of hydrogen-bond donors (Lipinski definition) is 1. The average molecular weight is 256 g/mol. The first-order valence-corrected chi connectivity index (χ1v) is 6.45. The van der Waals surface area contributed by atoms with Gasteiger partial charge in [-0.25, -0.2) is 0 Å². The molecular formula is C16H16O3. The highest BCUT2D eigenvalue weighted by molar-refractivity contribution is 5.38. The maximum absolute atomic E-state index is 9.67. The van der Waals surface area contributed by atoms with Crippen LogP contribution in [0.4, 0.5) is 0 Å². The zero-order chi connectivity index (χ0) is 13.1. The van der Waals surface area contributed by atoms with Gasteiger partial charge in [-0.3, -0.25) is 0 Å². The lowest BCUT2D eigenvalue weighted by atomic mass is 9.98. The van der Waals surface area contributed by atoms with Crippen molar-refractivity contribution >= 4 is 0 Å². The van der Waals surface area contributed by atoms with Gasteiger partial charge < -0.3 is 14.6 Å². The second-order valence-electron chi connectivity index (χ2n) is 4.59. The molecule has 0 saturated heterocycles. The van der Waals surface area contributed by atoms with E-state index in [1.54, 1.807) is 18.2 Å². The standard InChI is InChI=1S/C16H16O3/c17-14-7-3-4-8-15(14)19-11-16-13-6-2-1-5-12(13)9-10-18-16/h1-8,16-17H,9-11H2. The molecule has 0 saturated carbocycles. The van der Waals surface area contributed by atoms with Crippen LogP contribution in [0.2, 0.25) is 0 Å².